The highest BCUT2D eigenvalue weighted by atomic mass is 16.5. The Labute approximate surface area is 170 Å². The summed E-state index contributed by atoms with van der Waals surface area (Å²) in [5.41, 5.74) is 4.54. The molecule has 2 aromatic carbocycles. The summed E-state index contributed by atoms with van der Waals surface area (Å²) in [5.74, 6) is 1.06. The van der Waals surface area contributed by atoms with Crippen LogP contribution in [0.2, 0.25) is 0 Å². The number of nitrogens with zero attached hydrogens (tertiary/aromatic N) is 1. The maximum absolute atomic E-state index is 9.63. The Morgan fingerprint density at radius 3 is 2.36 bits per heavy atom. The lowest BCUT2D eigenvalue weighted by Gasteiger charge is -2.34. The van der Waals surface area contributed by atoms with Gasteiger partial charge >= 0.3 is 0 Å². The SMILES string of the molecule is C=CCOc1ccc(CO)cc1[C@H](CC)c1cccc(N(C(C)C)C(C)C)c1. The molecular weight excluding hydrogens is 346 g/mol. The number of hydrogen-bond acceptors (Lipinski definition) is 3. The average Bonchev–Trinajstić information content (AvgIpc) is 2.67. The van der Waals surface area contributed by atoms with E-state index in [0.717, 1.165) is 23.3 Å². The second-order valence-electron chi connectivity index (χ2n) is 7.78. The third-order valence-electron chi connectivity index (χ3n) is 5.08. The molecule has 0 spiro atoms. The molecule has 152 valence electrons. The van der Waals surface area contributed by atoms with Gasteiger partial charge < -0.3 is 14.7 Å². The molecule has 0 heterocycles. The summed E-state index contributed by atoms with van der Waals surface area (Å²) in [6.07, 6.45) is 2.71. The molecule has 2 aromatic rings. The van der Waals surface area contributed by atoms with E-state index in [1.807, 2.05) is 12.1 Å². The standard InChI is InChI=1S/C25H35NO2/c1-7-14-28-25-13-12-20(17-27)15-24(25)23(8-2)21-10-9-11-22(16-21)26(18(3)4)19(5)6/h7,9-13,15-16,18-19,23,27H,1,8,14,17H2,2-6H3/t23-/m1/s1. The Hall–Kier alpha value is -2.26. The number of rotatable bonds is 10. The number of anilines is 1. The van der Waals surface area contributed by atoms with Crippen LogP contribution < -0.4 is 9.64 Å². The van der Waals surface area contributed by atoms with Crippen molar-refractivity contribution in [1.82, 2.24) is 0 Å². The number of ether oxygens (including phenoxy) is 1. The molecule has 1 atom stereocenters. The van der Waals surface area contributed by atoms with E-state index >= 15 is 0 Å². The Kier molecular flexibility index (Phi) is 8.13. The van der Waals surface area contributed by atoms with Gasteiger partial charge in [0.05, 0.1) is 6.61 Å². The molecule has 0 saturated heterocycles. The molecule has 3 heteroatoms. The predicted molar refractivity (Wildman–Crippen MR) is 119 cm³/mol. The van der Waals surface area contributed by atoms with Gasteiger partial charge in [-0.2, -0.15) is 0 Å². The van der Waals surface area contributed by atoms with Crippen LogP contribution in [0.3, 0.4) is 0 Å². The minimum absolute atomic E-state index is 0.0275. The van der Waals surface area contributed by atoms with Gasteiger partial charge in [-0.15, -0.1) is 0 Å². The van der Waals surface area contributed by atoms with Gasteiger partial charge in [0.15, 0.2) is 0 Å². The summed E-state index contributed by atoms with van der Waals surface area (Å²) in [7, 11) is 0. The predicted octanol–water partition coefficient (Wildman–Crippen LogP) is 5.91. The second-order valence-corrected chi connectivity index (χ2v) is 7.78. The summed E-state index contributed by atoms with van der Waals surface area (Å²) in [6.45, 7) is 15.4. The molecule has 0 aliphatic carbocycles. The fraction of sp³-hybridized carbons (Fsp3) is 0.440. The molecule has 2 rings (SSSR count). The van der Waals surface area contributed by atoms with Crippen LogP contribution in [0.15, 0.2) is 55.1 Å². The first-order chi connectivity index (χ1) is 13.4. The number of aliphatic hydroxyl groups excluding tert-OH is 1. The third-order valence-corrected chi connectivity index (χ3v) is 5.08. The van der Waals surface area contributed by atoms with Crippen LogP contribution in [-0.4, -0.2) is 23.8 Å². The molecule has 0 saturated carbocycles. The molecular formula is C25H35NO2. The lowest BCUT2D eigenvalue weighted by Crippen LogP contribution is -2.37. The third kappa shape index (κ3) is 5.17. The van der Waals surface area contributed by atoms with Crippen LogP contribution >= 0.6 is 0 Å². The van der Waals surface area contributed by atoms with Crippen molar-refractivity contribution in [2.45, 2.75) is 65.6 Å². The van der Waals surface area contributed by atoms with E-state index in [0.29, 0.717) is 18.7 Å². The van der Waals surface area contributed by atoms with Crippen molar-refractivity contribution < 1.29 is 9.84 Å². The Balaban J connectivity index is 2.51. The van der Waals surface area contributed by atoms with Crippen LogP contribution in [0.25, 0.3) is 0 Å². The van der Waals surface area contributed by atoms with Gasteiger partial charge in [0.1, 0.15) is 12.4 Å². The molecule has 1 N–H and O–H groups in total. The van der Waals surface area contributed by atoms with E-state index in [1.54, 1.807) is 6.08 Å². The summed E-state index contributed by atoms with van der Waals surface area (Å²) in [4.78, 5) is 2.44. The zero-order valence-corrected chi connectivity index (χ0v) is 18.0. The van der Waals surface area contributed by atoms with E-state index in [1.165, 1.54) is 11.3 Å². The monoisotopic (exact) mass is 381 g/mol. The molecule has 0 aliphatic rings. The highest BCUT2D eigenvalue weighted by Crippen LogP contribution is 2.37. The van der Waals surface area contributed by atoms with Crippen LogP contribution in [0, 0.1) is 0 Å². The van der Waals surface area contributed by atoms with Crippen molar-refractivity contribution in [3.05, 3.63) is 71.8 Å². The molecule has 0 unspecified atom stereocenters. The fourth-order valence-corrected chi connectivity index (χ4v) is 3.98. The van der Waals surface area contributed by atoms with Gasteiger partial charge in [-0.25, -0.2) is 0 Å². The maximum Gasteiger partial charge on any atom is 0.123 e. The zero-order chi connectivity index (χ0) is 20.7. The summed E-state index contributed by atoms with van der Waals surface area (Å²) < 4.78 is 5.93. The molecule has 0 aliphatic heterocycles. The normalized spacial score (nSPS) is 12.3. The van der Waals surface area contributed by atoms with Crippen LogP contribution in [-0.2, 0) is 6.61 Å². The molecule has 0 amide bonds. The van der Waals surface area contributed by atoms with Crippen LogP contribution in [0.5, 0.6) is 5.75 Å². The molecule has 0 aromatic heterocycles. The van der Waals surface area contributed by atoms with Gasteiger partial charge in [0.25, 0.3) is 0 Å². The average molecular weight is 382 g/mol. The van der Waals surface area contributed by atoms with Gasteiger partial charge in [-0.1, -0.05) is 37.8 Å². The largest absolute Gasteiger partial charge is 0.489 e. The van der Waals surface area contributed by atoms with Crippen LogP contribution in [0.1, 0.15) is 63.6 Å². The first-order valence-electron chi connectivity index (χ1n) is 10.3. The van der Waals surface area contributed by atoms with E-state index in [9.17, 15) is 5.11 Å². The lowest BCUT2D eigenvalue weighted by molar-refractivity contribution is 0.281. The summed E-state index contributed by atoms with van der Waals surface area (Å²) in [5, 5.41) is 9.63. The summed E-state index contributed by atoms with van der Waals surface area (Å²) in [6, 6.07) is 15.6. The molecule has 3 nitrogen and oxygen atoms in total. The van der Waals surface area contributed by atoms with E-state index in [4.69, 9.17) is 4.74 Å². The van der Waals surface area contributed by atoms with Crippen molar-refractivity contribution >= 4 is 5.69 Å². The highest BCUT2D eigenvalue weighted by molar-refractivity contribution is 5.53. The van der Waals surface area contributed by atoms with Gasteiger partial charge in [0.2, 0.25) is 0 Å². The summed E-state index contributed by atoms with van der Waals surface area (Å²) >= 11 is 0. The van der Waals surface area contributed by atoms with Gasteiger partial charge in [-0.05, 0) is 69.5 Å². The molecule has 28 heavy (non-hydrogen) atoms. The maximum atomic E-state index is 9.63. The van der Waals surface area contributed by atoms with E-state index in [-0.39, 0.29) is 12.5 Å². The smallest absolute Gasteiger partial charge is 0.123 e. The lowest BCUT2D eigenvalue weighted by atomic mass is 9.87. The first kappa shape index (κ1) is 22.0. The first-order valence-corrected chi connectivity index (χ1v) is 10.3. The van der Waals surface area contributed by atoms with Crippen molar-refractivity contribution in [2.24, 2.45) is 0 Å². The molecule has 0 fully saturated rings. The van der Waals surface area contributed by atoms with Crippen molar-refractivity contribution in [3.8, 4) is 5.75 Å². The van der Waals surface area contributed by atoms with Crippen molar-refractivity contribution in [1.29, 1.82) is 0 Å². The fourth-order valence-electron chi connectivity index (χ4n) is 3.98. The van der Waals surface area contributed by atoms with Gasteiger partial charge in [0, 0.05) is 29.3 Å². The Bertz CT molecular complexity index is 759. The quantitative estimate of drug-likeness (QED) is 0.519. The second kappa shape index (κ2) is 10.3. The van der Waals surface area contributed by atoms with Gasteiger partial charge in [-0.3, -0.25) is 0 Å². The number of benzene rings is 2. The number of aliphatic hydroxyl groups is 1. The zero-order valence-electron chi connectivity index (χ0n) is 18.0. The highest BCUT2D eigenvalue weighted by Gasteiger charge is 2.20. The number of hydrogen-bond donors (Lipinski definition) is 1. The van der Waals surface area contributed by atoms with Crippen molar-refractivity contribution in [2.75, 3.05) is 11.5 Å². The topological polar surface area (TPSA) is 32.7 Å². The Morgan fingerprint density at radius 1 is 1.07 bits per heavy atom. The molecule has 0 radical (unpaired) electrons. The van der Waals surface area contributed by atoms with E-state index in [2.05, 4.69) is 76.4 Å². The minimum atomic E-state index is 0.0275. The van der Waals surface area contributed by atoms with Crippen molar-refractivity contribution in [3.63, 3.8) is 0 Å². The van der Waals surface area contributed by atoms with Crippen LogP contribution in [0.4, 0.5) is 5.69 Å². The van der Waals surface area contributed by atoms with E-state index < -0.39 is 0 Å². The Morgan fingerprint density at radius 2 is 1.79 bits per heavy atom. The minimum Gasteiger partial charge on any atom is -0.489 e. The molecule has 0 bridgehead atoms.